The van der Waals surface area contributed by atoms with Crippen molar-refractivity contribution in [2.75, 3.05) is 20.0 Å². The van der Waals surface area contributed by atoms with Crippen LogP contribution in [0.3, 0.4) is 0 Å². The van der Waals surface area contributed by atoms with Gasteiger partial charge in [0.2, 0.25) is 0 Å². The maximum absolute atomic E-state index is 6.23. The first kappa shape index (κ1) is 14.2. The lowest BCUT2D eigenvalue weighted by molar-refractivity contribution is 0.396. The highest BCUT2D eigenvalue weighted by Crippen LogP contribution is 2.32. The van der Waals surface area contributed by atoms with Crippen molar-refractivity contribution < 1.29 is 9.47 Å². The molecule has 0 aliphatic rings. The molecule has 1 aromatic heterocycles. The average Bonchev–Trinajstić information content (AvgIpc) is 2.97. The topological polar surface area (TPSA) is 57.4 Å². The van der Waals surface area contributed by atoms with Crippen LogP contribution in [0.2, 0.25) is 0 Å². The van der Waals surface area contributed by atoms with Crippen molar-refractivity contribution in [2.45, 2.75) is 10.4 Å². The van der Waals surface area contributed by atoms with Crippen LogP contribution in [0.4, 0.5) is 0 Å². The molecule has 0 saturated heterocycles. The lowest BCUT2D eigenvalue weighted by atomic mass is 10.1. The van der Waals surface area contributed by atoms with Gasteiger partial charge in [0, 0.05) is 28.9 Å². The van der Waals surface area contributed by atoms with Crippen LogP contribution < -0.4 is 15.2 Å². The highest BCUT2D eigenvalue weighted by Gasteiger charge is 2.14. The number of rotatable bonds is 6. The van der Waals surface area contributed by atoms with Crippen molar-refractivity contribution in [1.29, 1.82) is 0 Å². The van der Waals surface area contributed by atoms with Crippen LogP contribution in [0.15, 0.2) is 34.1 Å². The summed E-state index contributed by atoms with van der Waals surface area (Å²) in [5.74, 6) is 2.32. The Bertz CT molecular complexity index is 517. The lowest BCUT2D eigenvalue weighted by Crippen LogP contribution is -2.14. The van der Waals surface area contributed by atoms with Gasteiger partial charge in [0.1, 0.15) is 15.8 Å². The second kappa shape index (κ2) is 6.79. The second-order valence-electron chi connectivity index (χ2n) is 3.82. The number of hydrogen-bond acceptors (Lipinski definition) is 6. The molecule has 4 nitrogen and oxygen atoms in total. The highest BCUT2D eigenvalue weighted by atomic mass is 32.2. The first-order chi connectivity index (χ1) is 9.24. The monoisotopic (exact) mass is 296 g/mol. The summed E-state index contributed by atoms with van der Waals surface area (Å²) in [4.78, 5) is 4.23. The number of aromatic nitrogens is 1. The first-order valence-corrected chi connectivity index (χ1v) is 7.61. The van der Waals surface area contributed by atoms with Gasteiger partial charge in [0.05, 0.1) is 14.2 Å². The van der Waals surface area contributed by atoms with E-state index in [1.165, 1.54) is 0 Å². The lowest BCUT2D eigenvalue weighted by Gasteiger charge is -2.16. The molecule has 19 heavy (non-hydrogen) atoms. The number of thioether (sulfide) groups is 1. The molecule has 0 aliphatic carbocycles. The van der Waals surface area contributed by atoms with Gasteiger partial charge in [0.25, 0.3) is 0 Å². The van der Waals surface area contributed by atoms with Gasteiger partial charge in [-0.3, -0.25) is 0 Å². The molecule has 6 heteroatoms. The Hall–Kier alpha value is -1.24. The Balaban J connectivity index is 2.10. The third-order valence-corrected chi connectivity index (χ3v) is 4.72. The molecule has 0 saturated carbocycles. The summed E-state index contributed by atoms with van der Waals surface area (Å²) in [6, 6.07) is 5.54. The number of methoxy groups -OCH3 is 2. The van der Waals surface area contributed by atoms with Crippen LogP contribution in [-0.2, 0) is 0 Å². The zero-order valence-electron chi connectivity index (χ0n) is 10.8. The summed E-state index contributed by atoms with van der Waals surface area (Å²) in [7, 11) is 3.29. The molecule has 2 rings (SSSR count). The second-order valence-corrected chi connectivity index (χ2v) is 5.99. The van der Waals surface area contributed by atoms with Gasteiger partial charge < -0.3 is 15.2 Å². The highest BCUT2D eigenvalue weighted by molar-refractivity contribution is 8.01. The molecule has 0 fully saturated rings. The first-order valence-electron chi connectivity index (χ1n) is 5.74. The van der Waals surface area contributed by atoms with Crippen molar-refractivity contribution in [1.82, 2.24) is 4.98 Å². The number of thiazole rings is 1. The number of nitrogens with zero attached hydrogens (tertiary/aromatic N) is 1. The Morgan fingerprint density at radius 2 is 2.21 bits per heavy atom. The fraction of sp³-hybridized carbons (Fsp3) is 0.308. The zero-order valence-corrected chi connectivity index (χ0v) is 12.5. The van der Waals surface area contributed by atoms with Gasteiger partial charge in [0.15, 0.2) is 0 Å². The summed E-state index contributed by atoms with van der Waals surface area (Å²) >= 11 is 3.27. The van der Waals surface area contributed by atoms with Gasteiger partial charge in [-0.25, -0.2) is 4.98 Å². The fourth-order valence-corrected chi connectivity index (χ4v) is 3.30. The standard InChI is InChI=1S/C13H16N2O2S2/c1-16-9-3-4-12(17-2)10(7-9)11(14)8-19-13-15-5-6-18-13/h3-7,11H,8,14H2,1-2H3. The number of ether oxygens (including phenoxy) is 2. The SMILES string of the molecule is COc1ccc(OC)c(C(N)CSc2nccs2)c1. The minimum absolute atomic E-state index is 0.126. The Morgan fingerprint density at radius 1 is 1.37 bits per heavy atom. The number of hydrogen-bond donors (Lipinski definition) is 1. The largest absolute Gasteiger partial charge is 0.497 e. The Kier molecular flexibility index (Phi) is 5.07. The van der Waals surface area contributed by atoms with Crippen LogP contribution in [-0.4, -0.2) is 25.0 Å². The van der Waals surface area contributed by atoms with Gasteiger partial charge in [-0.1, -0.05) is 11.8 Å². The minimum Gasteiger partial charge on any atom is -0.497 e. The number of nitrogens with two attached hydrogens (primary N) is 1. The van der Waals surface area contributed by atoms with E-state index in [1.54, 1.807) is 43.5 Å². The van der Waals surface area contributed by atoms with Crippen LogP contribution in [0.1, 0.15) is 11.6 Å². The van der Waals surface area contributed by atoms with Crippen LogP contribution in [0.25, 0.3) is 0 Å². The van der Waals surface area contributed by atoms with E-state index in [2.05, 4.69) is 4.98 Å². The van der Waals surface area contributed by atoms with Gasteiger partial charge in [-0.05, 0) is 18.2 Å². The Labute approximate surface area is 120 Å². The molecule has 2 aromatic rings. The molecule has 0 radical (unpaired) electrons. The van der Waals surface area contributed by atoms with Crippen molar-refractivity contribution in [3.63, 3.8) is 0 Å². The molecule has 1 heterocycles. The molecule has 1 aromatic carbocycles. The van der Waals surface area contributed by atoms with Gasteiger partial charge in [-0.2, -0.15) is 0 Å². The maximum atomic E-state index is 6.23. The molecule has 2 N–H and O–H groups in total. The molecule has 0 amide bonds. The summed E-state index contributed by atoms with van der Waals surface area (Å²) in [5.41, 5.74) is 7.18. The zero-order chi connectivity index (χ0) is 13.7. The maximum Gasteiger partial charge on any atom is 0.149 e. The fourth-order valence-electron chi connectivity index (χ4n) is 1.66. The van der Waals surface area contributed by atoms with Crippen molar-refractivity contribution in [3.05, 3.63) is 35.3 Å². The van der Waals surface area contributed by atoms with Crippen LogP contribution in [0, 0.1) is 0 Å². The van der Waals surface area contributed by atoms with Crippen molar-refractivity contribution in [3.8, 4) is 11.5 Å². The Morgan fingerprint density at radius 3 is 2.84 bits per heavy atom. The summed E-state index contributed by atoms with van der Waals surface area (Å²) in [6.07, 6.45) is 1.80. The third-order valence-electron chi connectivity index (χ3n) is 2.63. The van der Waals surface area contributed by atoms with E-state index < -0.39 is 0 Å². The predicted octanol–water partition coefficient (Wildman–Crippen LogP) is 2.95. The normalized spacial score (nSPS) is 12.2. The van der Waals surface area contributed by atoms with E-state index in [-0.39, 0.29) is 6.04 Å². The van der Waals surface area contributed by atoms with E-state index >= 15 is 0 Å². The van der Waals surface area contributed by atoms with E-state index in [1.807, 2.05) is 23.6 Å². The summed E-state index contributed by atoms with van der Waals surface area (Å²) in [6.45, 7) is 0. The molecule has 0 bridgehead atoms. The predicted molar refractivity (Wildman–Crippen MR) is 79.3 cm³/mol. The minimum atomic E-state index is -0.126. The summed E-state index contributed by atoms with van der Waals surface area (Å²) in [5, 5.41) is 1.96. The third kappa shape index (κ3) is 3.62. The van der Waals surface area contributed by atoms with E-state index in [4.69, 9.17) is 15.2 Å². The van der Waals surface area contributed by atoms with Gasteiger partial charge in [-0.15, -0.1) is 11.3 Å². The quantitative estimate of drug-likeness (QED) is 0.831. The van der Waals surface area contributed by atoms with Crippen molar-refractivity contribution in [2.24, 2.45) is 5.73 Å². The molecule has 1 atom stereocenters. The molecular formula is C13H16N2O2S2. The van der Waals surface area contributed by atoms with Gasteiger partial charge >= 0.3 is 0 Å². The summed E-state index contributed by atoms with van der Waals surface area (Å²) < 4.78 is 11.6. The molecule has 1 unspecified atom stereocenters. The number of benzene rings is 1. The van der Waals surface area contributed by atoms with Crippen LogP contribution in [0.5, 0.6) is 11.5 Å². The molecular weight excluding hydrogens is 280 g/mol. The van der Waals surface area contributed by atoms with Crippen molar-refractivity contribution >= 4 is 23.1 Å². The smallest absolute Gasteiger partial charge is 0.149 e. The molecule has 0 aliphatic heterocycles. The van der Waals surface area contributed by atoms with E-state index in [9.17, 15) is 0 Å². The average molecular weight is 296 g/mol. The van der Waals surface area contributed by atoms with E-state index in [0.717, 1.165) is 27.2 Å². The van der Waals surface area contributed by atoms with E-state index in [0.29, 0.717) is 0 Å². The van der Waals surface area contributed by atoms with Crippen LogP contribution >= 0.6 is 23.1 Å². The molecule has 0 spiro atoms. The molecule has 102 valence electrons.